The zero-order valence-corrected chi connectivity index (χ0v) is 14.9. The molecule has 0 unspecified atom stereocenters. The van der Waals surface area contributed by atoms with Crippen molar-refractivity contribution in [3.63, 3.8) is 0 Å². The fraction of sp³-hybridized carbons (Fsp3) is 0.500. The average Bonchev–Trinajstić information content (AvgIpc) is 2.51. The molecule has 0 aromatic heterocycles. The van der Waals surface area contributed by atoms with Gasteiger partial charge in [0.25, 0.3) is 0 Å². The van der Waals surface area contributed by atoms with Crippen LogP contribution in [0, 0.1) is 11.8 Å². The summed E-state index contributed by atoms with van der Waals surface area (Å²) in [4.78, 5) is 1.21. The summed E-state index contributed by atoms with van der Waals surface area (Å²) in [6, 6.07) is 4.41. The predicted octanol–water partition coefficient (Wildman–Crippen LogP) is 4.83. The number of benzene rings is 1. The van der Waals surface area contributed by atoms with E-state index in [0.717, 1.165) is 30.8 Å². The van der Waals surface area contributed by atoms with Crippen LogP contribution in [0.4, 0.5) is 0 Å². The van der Waals surface area contributed by atoms with Gasteiger partial charge in [-0.3, -0.25) is 0 Å². The van der Waals surface area contributed by atoms with Gasteiger partial charge in [0.15, 0.2) is 0 Å². The van der Waals surface area contributed by atoms with Gasteiger partial charge in [-0.1, -0.05) is 18.8 Å². The lowest BCUT2D eigenvalue weighted by Crippen LogP contribution is -2.26. The summed E-state index contributed by atoms with van der Waals surface area (Å²) < 4.78 is 6.00. The van der Waals surface area contributed by atoms with Gasteiger partial charge in [-0.25, -0.2) is 0 Å². The van der Waals surface area contributed by atoms with E-state index < -0.39 is 0 Å². The largest absolute Gasteiger partial charge is 0.493 e. The molecular formula is C16H20OS3. The van der Waals surface area contributed by atoms with Gasteiger partial charge in [0.05, 0.1) is 10.7 Å². The molecule has 1 heterocycles. The van der Waals surface area contributed by atoms with Gasteiger partial charge in [0, 0.05) is 28.9 Å². The highest BCUT2D eigenvalue weighted by Crippen LogP contribution is 2.53. The van der Waals surface area contributed by atoms with Gasteiger partial charge >= 0.3 is 0 Å². The summed E-state index contributed by atoms with van der Waals surface area (Å²) in [5, 5.41) is 0. The molecule has 0 radical (unpaired) electrons. The molecule has 108 valence electrons. The standard InChI is InChI=1S/C16H20OS3/c1-5-6-7-12-10-13-14(11-15(12)18-2)17-9-8-16(13,19-3)20-4/h10-11H,5,8-9H2,1-4H3. The summed E-state index contributed by atoms with van der Waals surface area (Å²) in [5.41, 5.74) is 2.43. The lowest BCUT2D eigenvalue weighted by Gasteiger charge is -2.36. The van der Waals surface area contributed by atoms with E-state index in [-0.39, 0.29) is 4.08 Å². The Morgan fingerprint density at radius 1 is 1.25 bits per heavy atom. The molecule has 2 rings (SSSR count). The minimum absolute atomic E-state index is 0.104. The van der Waals surface area contributed by atoms with E-state index in [9.17, 15) is 0 Å². The van der Waals surface area contributed by atoms with Crippen LogP contribution in [-0.4, -0.2) is 25.4 Å². The number of rotatable bonds is 3. The van der Waals surface area contributed by atoms with Gasteiger partial charge in [0.1, 0.15) is 5.75 Å². The number of ether oxygens (including phenoxy) is 1. The van der Waals surface area contributed by atoms with Crippen LogP contribution in [0.2, 0.25) is 0 Å². The van der Waals surface area contributed by atoms with Crippen LogP contribution in [0.25, 0.3) is 0 Å². The minimum atomic E-state index is 0.104. The van der Waals surface area contributed by atoms with Gasteiger partial charge in [-0.05, 0) is 30.9 Å². The molecule has 20 heavy (non-hydrogen) atoms. The van der Waals surface area contributed by atoms with E-state index in [1.54, 1.807) is 11.8 Å². The predicted molar refractivity (Wildman–Crippen MR) is 94.2 cm³/mol. The second kappa shape index (κ2) is 7.06. The molecule has 1 aromatic carbocycles. The van der Waals surface area contributed by atoms with Gasteiger partial charge in [-0.2, -0.15) is 0 Å². The summed E-state index contributed by atoms with van der Waals surface area (Å²) in [7, 11) is 0. The second-order valence-corrected chi connectivity index (χ2v) is 7.78. The van der Waals surface area contributed by atoms with Crippen LogP contribution in [0.1, 0.15) is 30.9 Å². The highest BCUT2D eigenvalue weighted by Gasteiger charge is 2.37. The van der Waals surface area contributed by atoms with Crippen molar-refractivity contribution in [2.75, 3.05) is 25.4 Å². The van der Waals surface area contributed by atoms with E-state index in [1.165, 1.54) is 10.5 Å². The molecule has 0 atom stereocenters. The Bertz CT molecular complexity index is 539. The molecule has 0 spiro atoms. The summed E-state index contributed by atoms with van der Waals surface area (Å²) in [5.74, 6) is 7.53. The molecule has 1 aliphatic heterocycles. The Hall–Kier alpha value is -0.370. The van der Waals surface area contributed by atoms with Crippen molar-refractivity contribution in [1.29, 1.82) is 0 Å². The molecule has 0 aliphatic carbocycles. The summed E-state index contributed by atoms with van der Waals surface area (Å²) in [6.45, 7) is 2.88. The smallest absolute Gasteiger partial charge is 0.125 e. The highest BCUT2D eigenvalue weighted by molar-refractivity contribution is 8.16. The molecular weight excluding hydrogens is 304 g/mol. The molecule has 0 fully saturated rings. The van der Waals surface area contributed by atoms with E-state index in [2.05, 4.69) is 49.7 Å². The zero-order chi connectivity index (χ0) is 14.6. The Labute approximate surface area is 135 Å². The van der Waals surface area contributed by atoms with Gasteiger partial charge in [0.2, 0.25) is 0 Å². The third-order valence-electron chi connectivity index (χ3n) is 3.46. The van der Waals surface area contributed by atoms with E-state index in [4.69, 9.17) is 4.74 Å². The quantitative estimate of drug-likeness (QED) is 0.447. The van der Waals surface area contributed by atoms with Crippen LogP contribution in [0.3, 0.4) is 0 Å². The third kappa shape index (κ3) is 2.95. The molecule has 0 bridgehead atoms. The third-order valence-corrected chi connectivity index (χ3v) is 7.40. The first-order valence-corrected chi connectivity index (χ1v) is 10.3. The maximum absolute atomic E-state index is 5.90. The van der Waals surface area contributed by atoms with Crippen LogP contribution >= 0.6 is 35.3 Å². The van der Waals surface area contributed by atoms with Crippen molar-refractivity contribution in [2.24, 2.45) is 0 Å². The van der Waals surface area contributed by atoms with Crippen LogP contribution in [-0.2, 0) is 4.08 Å². The summed E-state index contributed by atoms with van der Waals surface area (Å²) in [6.07, 6.45) is 8.40. The molecule has 1 aromatic rings. The maximum atomic E-state index is 5.90. The van der Waals surface area contributed by atoms with E-state index in [0.29, 0.717) is 0 Å². The van der Waals surface area contributed by atoms with Gasteiger partial charge < -0.3 is 4.74 Å². The Kier molecular flexibility index (Phi) is 5.65. The van der Waals surface area contributed by atoms with E-state index >= 15 is 0 Å². The van der Waals surface area contributed by atoms with Crippen molar-refractivity contribution in [3.05, 3.63) is 23.3 Å². The molecule has 0 amide bonds. The first-order valence-electron chi connectivity index (χ1n) is 6.65. The fourth-order valence-electron chi connectivity index (χ4n) is 2.37. The Morgan fingerprint density at radius 3 is 2.60 bits per heavy atom. The number of hydrogen-bond acceptors (Lipinski definition) is 4. The minimum Gasteiger partial charge on any atom is -0.493 e. The molecule has 0 N–H and O–H groups in total. The highest BCUT2D eigenvalue weighted by atomic mass is 32.2. The summed E-state index contributed by atoms with van der Waals surface area (Å²) >= 11 is 5.56. The maximum Gasteiger partial charge on any atom is 0.125 e. The number of fused-ring (bicyclic) bond motifs is 1. The Balaban J connectivity index is 2.58. The molecule has 4 heteroatoms. The van der Waals surface area contributed by atoms with E-state index in [1.807, 2.05) is 23.5 Å². The van der Waals surface area contributed by atoms with Crippen molar-refractivity contribution < 1.29 is 4.74 Å². The van der Waals surface area contributed by atoms with Crippen molar-refractivity contribution >= 4 is 35.3 Å². The van der Waals surface area contributed by atoms with Crippen LogP contribution < -0.4 is 4.74 Å². The SMILES string of the molecule is CCC#Cc1cc2c(cc1SC)OCCC2(SC)SC. The topological polar surface area (TPSA) is 9.23 Å². The van der Waals surface area contributed by atoms with Crippen molar-refractivity contribution in [1.82, 2.24) is 0 Å². The number of thioether (sulfide) groups is 3. The van der Waals surface area contributed by atoms with Gasteiger partial charge in [-0.15, -0.1) is 35.3 Å². The van der Waals surface area contributed by atoms with Crippen LogP contribution in [0.5, 0.6) is 5.75 Å². The monoisotopic (exact) mass is 324 g/mol. The second-order valence-electron chi connectivity index (χ2n) is 4.46. The van der Waals surface area contributed by atoms with Crippen molar-refractivity contribution in [2.45, 2.75) is 28.7 Å². The van der Waals surface area contributed by atoms with Crippen LogP contribution in [0.15, 0.2) is 17.0 Å². The fourth-order valence-corrected chi connectivity index (χ4v) is 4.92. The first kappa shape index (κ1) is 16.0. The first-order chi connectivity index (χ1) is 9.70. The molecule has 0 saturated heterocycles. The average molecular weight is 325 g/mol. The van der Waals surface area contributed by atoms with Crippen molar-refractivity contribution in [3.8, 4) is 17.6 Å². The lowest BCUT2D eigenvalue weighted by atomic mass is 10.0. The Morgan fingerprint density at radius 2 is 2.00 bits per heavy atom. The number of hydrogen-bond donors (Lipinski definition) is 0. The normalized spacial score (nSPS) is 15.8. The molecule has 1 aliphatic rings. The lowest BCUT2D eigenvalue weighted by molar-refractivity contribution is 0.279. The molecule has 1 nitrogen and oxygen atoms in total. The molecule has 0 saturated carbocycles. The zero-order valence-electron chi connectivity index (χ0n) is 12.4.